The van der Waals surface area contributed by atoms with E-state index in [-0.39, 0.29) is 24.4 Å². The van der Waals surface area contributed by atoms with E-state index in [0.717, 1.165) is 37.8 Å². The Morgan fingerprint density at radius 1 is 1.26 bits per heavy atom. The topological polar surface area (TPSA) is 37.0 Å². The van der Waals surface area contributed by atoms with Gasteiger partial charge in [0.1, 0.15) is 6.73 Å². The van der Waals surface area contributed by atoms with E-state index in [1.54, 1.807) is 19.1 Å². The number of nitrogens with zero attached hydrogens (tertiary/aromatic N) is 2. The van der Waals surface area contributed by atoms with E-state index in [1.807, 2.05) is 18.0 Å². The minimum atomic E-state index is -2.61. The number of hydrogen-bond acceptors (Lipinski definition) is 4. The summed E-state index contributed by atoms with van der Waals surface area (Å²) >= 11 is 5.68. The molecule has 1 spiro atoms. The molecule has 0 amide bonds. The second kappa shape index (κ2) is 8.79. The number of methoxy groups -OCH3 is 2. The van der Waals surface area contributed by atoms with Gasteiger partial charge in [0.15, 0.2) is 5.11 Å². The van der Waals surface area contributed by atoms with Crippen LogP contribution in [0.15, 0.2) is 18.2 Å². The minimum absolute atomic E-state index is 0.0511. The molecule has 1 saturated heterocycles. The SMILES string of the molecule is COCN(C)C(=S)NC1c2cc(N3CCC(F)(F)C3)ccc2CC12CCC(OC)CC2. The van der Waals surface area contributed by atoms with Crippen molar-refractivity contribution in [3.05, 3.63) is 29.3 Å². The van der Waals surface area contributed by atoms with Crippen LogP contribution in [-0.2, 0) is 15.9 Å². The summed E-state index contributed by atoms with van der Waals surface area (Å²) in [4.78, 5) is 3.69. The van der Waals surface area contributed by atoms with E-state index in [1.165, 1.54) is 11.1 Å². The van der Waals surface area contributed by atoms with Crippen molar-refractivity contribution in [1.29, 1.82) is 0 Å². The van der Waals surface area contributed by atoms with E-state index in [4.69, 9.17) is 21.7 Å². The zero-order valence-electron chi connectivity index (χ0n) is 18.6. The fourth-order valence-electron chi connectivity index (χ4n) is 5.56. The summed E-state index contributed by atoms with van der Waals surface area (Å²) in [5, 5.41) is 4.26. The standard InChI is InChI=1S/C23H33F2N3O2S/c1-27(15-29-2)21(31)26-20-19-12-17(28-11-10-23(24,25)14-28)5-4-16(19)13-22(20)8-6-18(30-3)7-9-22/h4-5,12,18,20H,6-11,13-15H2,1-3H3,(H,26,31). The second-order valence-electron chi connectivity index (χ2n) is 9.38. The van der Waals surface area contributed by atoms with E-state index < -0.39 is 5.92 Å². The van der Waals surface area contributed by atoms with Crippen LogP contribution in [0.3, 0.4) is 0 Å². The van der Waals surface area contributed by atoms with Crippen molar-refractivity contribution in [2.45, 2.75) is 56.6 Å². The lowest BCUT2D eigenvalue weighted by Crippen LogP contribution is -2.46. The molecule has 1 saturated carbocycles. The molecule has 0 aromatic heterocycles. The van der Waals surface area contributed by atoms with Crippen LogP contribution >= 0.6 is 12.2 Å². The Bertz CT molecular complexity index is 814. The average molecular weight is 454 g/mol. The first-order valence-corrected chi connectivity index (χ1v) is 11.5. The fraction of sp³-hybridized carbons (Fsp3) is 0.696. The van der Waals surface area contributed by atoms with E-state index in [0.29, 0.717) is 24.5 Å². The molecule has 31 heavy (non-hydrogen) atoms. The summed E-state index contributed by atoms with van der Waals surface area (Å²) in [5.74, 6) is -2.61. The van der Waals surface area contributed by atoms with Crippen molar-refractivity contribution in [3.63, 3.8) is 0 Å². The van der Waals surface area contributed by atoms with Crippen molar-refractivity contribution in [1.82, 2.24) is 10.2 Å². The van der Waals surface area contributed by atoms with E-state index in [9.17, 15) is 8.78 Å². The van der Waals surface area contributed by atoms with Gasteiger partial charge >= 0.3 is 0 Å². The molecule has 1 N–H and O–H groups in total. The molecule has 8 heteroatoms. The maximum absolute atomic E-state index is 13.8. The smallest absolute Gasteiger partial charge is 0.266 e. The van der Waals surface area contributed by atoms with Crippen LogP contribution in [0.2, 0.25) is 0 Å². The second-order valence-corrected chi connectivity index (χ2v) is 9.77. The van der Waals surface area contributed by atoms with Gasteiger partial charge in [-0.05, 0) is 73.0 Å². The molecule has 1 aromatic rings. The molecule has 1 aliphatic heterocycles. The van der Waals surface area contributed by atoms with Crippen LogP contribution < -0.4 is 10.2 Å². The molecule has 5 nitrogen and oxygen atoms in total. The van der Waals surface area contributed by atoms with Crippen molar-refractivity contribution < 1.29 is 18.3 Å². The molecule has 172 valence electrons. The van der Waals surface area contributed by atoms with Crippen LogP contribution in [0.5, 0.6) is 0 Å². The van der Waals surface area contributed by atoms with Gasteiger partial charge in [0, 0.05) is 39.9 Å². The number of benzene rings is 1. The Morgan fingerprint density at radius 2 is 2.00 bits per heavy atom. The maximum atomic E-state index is 13.8. The van der Waals surface area contributed by atoms with Gasteiger partial charge in [0.2, 0.25) is 0 Å². The summed E-state index contributed by atoms with van der Waals surface area (Å²) in [6.45, 7) is 0.589. The number of nitrogens with one attached hydrogen (secondary N) is 1. The lowest BCUT2D eigenvalue weighted by molar-refractivity contribution is 0.0175. The summed E-state index contributed by atoms with van der Waals surface area (Å²) < 4.78 is 38.5. The zero-order valence-corrected chi connectivity index (χ0v) is 19.4. The first kappa shape index (κ1) is 22.7. The number of ether oxygens (including phenoxy) is 2. The molecular formula is C23H33F2N3O2S. The van der Waals surface area contributed by atoms with Crippen LogP contribution in [0.4, 0.5) is 14.5 Å². The van der Waals surface area contributed by atoms with Gasteiger partial charge in [-0.2, -0.15) is 0 Å². The van der Waals surface area contributed by atoms with E-state index in [2.05, 4.69) is 17.4 Å². The number of rotatable bonds is 5. The van der Waals surface area contributed by atoms with Crippen molar-refractivity contribution >= 4 is 23.0 Å². The number of anilines is 1. The first-order valence-electron chi connectivity index (χ1n) is 11.1. The third-order valence-corrected chi connectivity index (χ3v) is 7.76. The predicted octanol–water partition coefficient (Wildman–Crippen LogP) is 4.11. The Morgan fingerprint density at radius 3 is 2.61 bits per heavy atom. The summed E-state index contributed by atoms with van der Waals surface area (Å²) in [5.41, 5.74) is 3.42. The molecule has 1 atom stereocenters. The summed E-state index contributed by atoms with van der Waals surface area (Å²) in [6, 6.07) is 6.31. The molecule has 3 aliphatic rings. The van der Waals surface area contributed by atoms with Gasteiger partial charge in [-0.3, -0.25) is 0 Å². The highest BCUT2D eigenvalue weighted by Gasteiger charge is 2.49. The lowest BCUT2D eigenvalue weighted by atomic mass is 9.68. The quantitative estimate of drug-likeness (QED) is 0.534. The Balaban J connectivity index is 1.63. The number of hydrogen-bond donors (Lipinski definition) is 1. The van der Waals surface area contributed by atoms with Crippen molar-refractivity contribution in [2.24, 2.45) is 5.41 Å². The van der Waals surface area contributed by atoms with Crippen molar-refractivity contribution in [3.8, 4) is 0 Å². The molecule has 4 rings (SSSR count). The normalized spacial score (nSPS) is 29.3. The predicted molar refractivity (Wildman–Crippen MR) is 122 cm³/mol. The highest BCUT2D eigenvalue weighted by molar-refractivity contribution is 7.80. The molecule has 1 heterocycles. The molecule has 2 fully saturated rings. The first-order chi connectivity index (χ1) is 14.8. The zero-order chi connectivity index (χ0) is 22.2. The van der Waals surface area contributed by atoms with Crippen molar-refractivity contribution in [2.75, 3.05) is 46.0 Å². The van der Waals surface area contributed by atoms with Gasteiger partial charge < -0.3 is 24.6 Å². The fourth-order valence-corrected chi connectivity index (χ4v) is 5.73. The lowest BCUT2D eigenvalue weighted by Gasteiger charge is -2.42. The highest BCUT2D eigenvalue weighted by atomic mass is 32.1. The summed E-state index contributed by atoms with van der Waals surface area (Å²) in [7, 11) is 5.34. The molecule has 1 unspecified atom stereocenters. The number of alkyl halides is 2. The third-order valence-electron chi connectivity index (χ3n) is 7.33. The Labute approximate surface area is 189 Å². The van der Waals surface area contributed by atoms with Gasteiger partial charge in [-0.15, -0.1) is 0 Å². The van der Waals surface area contributed by atoms with Gasteiger partial charge in [0.25, 0.3) is 5.92 Å². The van der Waals surface area contributed by atoms with Crippen LogP contribution in [0.25, 0.3) is 0 Å². The van der Waals surface area contributed by atoms with Crippen LogP contribution in [0.1, 0.15) is 49.3 Å². The third kappa shape index (κ3) is 4.52. The Kier molecular flexibility index (Phi) is 6.43. The van der Waals surface area contributed by atoms with Gasteiger partial charge in [0.05, 0.1) is 18.7 Å². The molecule has 2 aliphatic carbocycles. The van der Waals surface area contributed by atoms with Gasteiger partial charge in [-0.1, -0.05) is 6.07 Å². The molecule has 1 aromatic carbocycles. The average Bonchev–Trinajstić information content (AvgIpc) is 3.25. The van der Waals surface area contributed by atoms with E-state index >= 15 is 0 Å². The Hall–Kier alpha value is -1.51. The highest BCUT2D eigenvalue weighted by Crippen LogP contribution is 2.55. The van der Waals surface area contributed by atoms with Crippen LogP contribution in [-0.4, -0.2) is 63.1 Å². The largest absolute Gasteiger partial charge is 0.381 e. The minimum Gasteiger partial charge on any atom is -0.381 e. The molecular weight excluding hydrogens is 420 g/mol. The molecule has 0 bridgehead atoms. The maximum Gasteiger partial charge on any atom is 0.266 e. The molecule has 0 radical (unpaired) electrons. The van der Waals surface area contributed by atoms with Gasteiger partial charge in [-0.25, -0.2) is 8.78 Å². The number of thiocarbonyl (C=S) groups is 1. The van der Waals surface area contributed by atoms with Crippen LogP contribution in [0, 0.1) is 5.41 Å². The number of fused-ring (bicyclic) bond motifs is 1. The summed E-state index contributed by atoms with van der Waals surface area (Å²) in [6.07, 6.45) is 5.34. The number of halogens is 2. The monoisotopic (exact) mass is 453 g/mol.